The number of hydrogen-bond acceptors (Lipinski definition) is 6. The lowest BCUT2D eigenvalue weighted by Crippen LogP contribution is -2.45. The van der Waals surface area contributed by atoms with Gasteiger partial charge in [0, 0.05) is 30.6 Å². The van der Waals surface area contributed by atoms with Gasteiger partial charge in [0.15, 0.2) is 5.82 Å². The number of nitrogens with zero attached hydrogens (tertiary/aromatic N) is 4. The van der Waals surface area contributed by atoms with Gasteiger partial charge in [-0.1, -0.05) is 30.6 Å². The molecule has 0 amide bonds. The Bertz CT molecular complexity index is 941. The lowest BCUT2D eigenvalue weighted by Gasteiger charge is -2.35. The molecule has 1 N–H and O–H groups in total. The number of piperidine rings is 1. The monoisotopic (exact) mass is 365 g/mol. The Kier molecular flexibility index (Phi) is 4.83. The molecule has 0 unspecified atom stereocenters. The fraction of sp³-hybridized carbons (Fsp3) is 0.476. The zero-order chi connectivity index (χ0) is 19.0. The molecule has 0 bridgehead atoms. The van der Waals surface area contributed by atoms with E-state index in [1.54, 1.807) is 0 Å². The van der Waals surface area contributed by atoms with E-state index in [2.05, 4.69) is 65.4 Å². The molecule has 3 aromatic rings. The molecule has 0 saturated carbocycles. The van der Waals surface area contributed by atoms with E-state index < -0.39 is 0 Å². The number of benzene rings is 1. The first-order valence-electron chi connectivity index (χ1n) is 9.72. The van der Waals surface area contributed by atoms with Gasteiger partial charge in [0.05, 0.1) is 11.1 Å². The summed E-state index contributed by atoms with van der Waals surface area (Å²) < 4.78 is 5.49. The van der Waals surface area contributed by atoms with Crippen LogP contribution in [0.2, 0.25) is 0 Å². The molecule has 0 atom stereocenters. The molecule has 0 aliphatic carbocycles. The van der Waals surface area contributed by atoms with Crippen molar-refractivity contribution in [1.29, 1.82) is 0 Å². The summed E-state index contributed by atoms with van der Waals surface area (Å²) in [6.45, 7) is 10.3. The molecule has 6 heteroatoms. The predicted octanol–water partition coefficient (Wildman–Crippen LogP) is 3.87. The Hall–Kier alpha value is -2.47. The first-order valence-corrected chi connectivity index (χ1v) is 9.72. The maximum Gasteiger partial charge on any atom is 0.261 e. The number of aryl methyl sites for hydroxylation is 2. The Morgan fingerprint density at radius 3 is 2.56 bits per heavy atom. The minimum atomic E-state index is 0.514. The molecule has 3 heterocycles. The van der Waals surface area contributed by atoms with E-state index in [4.69, 9.17) is 9.51 Å². The number of aromatic nitrogens is 3. The van der Waals surface area contributed by atoms with Crippen LogP contribution in [0.5, 0.6) is 0 Å². The van der Waals surface area contributed by atoms with E-state index >= 15 is 0 Å². The minimum absolute atomic E-state index is 0.514. The van der Waals surface area contributed by atoms with Gasteiger partial charge in [-0.2, -0.15) is 4.98 Å². The summed E-state index contributed by atoms with van der Waals surface area (Å²) in [6, 6.07) is 9.56. The second kappa shape index (κ2) is 7.27. The van der Waals surface area contributed by atoms with E-state index in [1.807, 2.05) is 6.92 Å². The van der Waals surface area contributed by atoms with Crippen molar-refractivity contribution in [3.8, 4) is 11.5 Å². The van der Waals surface area contributed by atoms with Crippen molar-refractivity contribution in [2.24, 2.45) is 0 Å². The van der Waals surface area contributed by atoms with Crippen LogP contribution in [0.4, 0.5) is 5.82 Å². The number of hydrogen-bond donors (Lipinski definition) is 1. The molecule has 1 aliphatic heterocycles. The summed E-state index contributed by atoms with van der Waals surface area (Å²) >= 11 is 0. The van der Waals surface area contributed by atoms with Crippen LogP contribution in [0.1, 0.15) is 38.1 Å². The molecule has 1 aliphatic rings. The van der Waals surface area contributed by atoms with Gasteiger partial charge in [0.2, 0.25) is 0 Å². The minimum Gasteiger partial charge on any atom is -0.356 e. The number of anilines is 1. The Balaban J connectivity index is 1.71. The Morgan fingerprint density at radius 1 is 1.11 bits per heavy atom. The van der Waals surface area contributed by atoms with E-state index in [0.29, 0.717) is 23.8 Å². The molecule has 1 saturated heterocycles. The number of nitrogens with one attached hydrogen (secondary N) is 1. The summed E-state index contributed by atoms with van der Waals surface area (Å²) in [5.74, 6) is 2.12. The molecule has 1 fully saturated rings. The third-order valence-electron chi connectivity index (χ3n) is 5.07. The van der Waals surface area contributed by atoms with Gasteiger partial charge in [-0.15, -0.1) is 0 Å². The maximum atomic E-state index is 5.49. The van der Waals surface area contributed by atoms with Gasteiger partial charge in [-0.05, 0) is 44.9 Å². The van der Waals surface area contributed by atoms with Crippen molar-refractivity contribution in [1.82, 2.24) is 20.4 Å². The van der Waals surface area contributed by atoms with Crippen LogP contribution in [0.25, 0.3) is 22.4 Å². The van der Waals surface area contributed by atoms with Crippen LogP contribution in [-0.4, -0.2) is 40.3 Å². The van der Waals surface area contributed by atoms with Crippen molar-refractivity contribution < 1.29 is 4.52 Å². The topological polar surface area (TPSA) is 67.1 Å². The van der Waals surface area contributed by atoms with Crippen molar-refractivity contribution in [2.45, 2.75) is 52.6 Å². The molecule has 4 rings (SSSR count). The van der Waals surface area contributed by atoms with E-state index in [-0.39, 0.29) is 0 Å². The normalized spacial score (nSPS) is 15.8. The molecule has 2 aromatic heterocycles. The van der Waals surface area contributed by atoms with Gasteiger partial charge in [0.25, 0.3) is 5.89 Å². The van der Waals surface area contributed by atoms with Crippen LogP contribution in [0, 0.1) is 13.8 Å². The van der Waals surface area contributed by atoms with Gasteiger partial charge >= 0.3 is 0 Å². The number of pyridine rings is 1. The van der Waals surface area contributed by atoms with E-state index in [1.165, 1.54) is 5.56 Å². The van der Waals surface area contributed by atoms with Crippen LogP contribution in [-0.2, 0) is 0 Å². The first kappa shape index (κ1) is 17.9. The lowest BCUT2D eigenvalue weighted by molar-refractivity contribution is 0.386. The van der Waals surface area contributed by atoms with Crippen LogP contribution >= 0.6 is 0 Å². The fourth-order valence-corrected chi connectivity index (χ4v) is 3.82. The summed E-state index contributed by atoms with van der Waals surface area (Å²) in [6.07, 6.45) is 2.21. The quantitative estimate of drug-likeness (QED) is 0.757. The zero-order valence-corrected chi connectivity index (χ0v) is 16.5. The number of fused-ring (bicyclic) bond motifs is 1. The molecular formula is C21H27N5O. The highest BCUT2D eigenvalue weighted by atomic mass is 16.5. The molecule has 0 radical (unpaired) electrons. The molecule has 1 aromatic carbocycles. The second-order valence-electron chi connectivity index (χ2n) is 7.79. The first-order chi connectivity index (χ1) is 13.0. The average molecular weight is 365 g/mol. The largest absolute Gasteiger partial charge is 0.356 e. The standard InChI is InChI=1S/C21H27N5O/c1-13(2)22-17-7-9-26(10-8-17)20-18(21-23-15(4)25-27-21)12-16-11-14(3)5-6-19(16)24-20/h5-6,11-13,17,22H,7-10H2,1-4H3. The molecule has 0 spiro atoms. The Morgan fingerprint density at radius 2 is 1.89 bits per heavy atom. The summed E-state index contributed by atoms with van der Waals surface area (Å²) in [4.78, 5) is 11.8. The van der Waals surface area contributed by atoms with Crippen LogP contribution < -0.4 is 10.2 Å². The zero-order valence-electron chi connectivity index (χ0n) is 16.5. The Labute approximate surface area is 160 Å². The molecule has 6 nitrogen and oxygen atoms in total. The van der Waals surface area contributed by atoms with E-state index in [0.717, 1.165) is 48.2 Å². The fourth-order valence-electron chi connectivity index (χ4n) is 3.82. The smallest absolute Gasteiger partial charge is 0.261 e. The summed E-state index contributed by atoms with van der Waals surface area (Å²) in [7, 11) is 0. The second-order valence-corrected chi connectivity index (χ2v) is 7.79. The third kappa shape index (κ3) is 3.81. The van der Waals surface area contributed by atoms with Crippen molar-refractivity contribution in [2.75, 3.05) is 18.0 Å². The van der Waals surface area contributed by atoms with Gasteiger partial charge < -0.3 is 14.7 Å². The SMILES string of the molecule is Cc1ccc2nc(N3CCC(NC(C)C)CC3)c(-c3nc(C)no3)cc2c1. The average Bonchev–Trinajstić information content (AvgIpc) is 3.07. The third-order valence-corrected chi connectivity index (χ3v) is 5.07. The van der Waals surface area contributed by atoms with Crippen LogP contribution in [0.15, 0.2) is 28.8 Å². The van der Waals surface area contributed by atoms with E-state index in [9.17, 15) is 0 Å². The van der Waals surface area contributed by atoms with Gasteiger partial charge in [-0.25, -0.2) is 4.98 Å². The van der Waals surface area contributed by atoms with Crippen molar-refractivity contribution >= 4 is 16.7 Å². The van der Waals surface area contributed by atoms with Crippen LogP contribution in [0.3, 0.4) is 0 Å². The number of rotatable bonds is 4. The summed E-state index contributed by atoms with van der Waals surface area (Å²) in [5.41, 5.74) is 3.13. The molecular weight excluding hydrogens is 338 g/mol. The molecule has 142 valence electrons. The lowest BCUT2D eigenvalue weighted by atomic mass is 10.0. The molecule has 27 heavy (non-hydrogen) atoms. The highest BCUT2D eigenvalue weighted by Gasteiger charge is 2.25. The van der Waals surface area contributed by atoms with Crippen molar-refractivity contribution in [3.63, 3.8) is 0 Å². The maximum absolute atomic E-state index is 5.49. The van der Waals surface area contributed by atoms with Gasteiger partial charge in [0.1, 0.15) is 5.82 Å². The highest BCUT2D eigenvalue weighted by Crippen LogP contribution is 2.33. The highest BCUT2D eigenvalue weighted by molar-refractivity contribution is 5.88. The predicted molar refractivity (Wildman–Crippen MR) is 108 cm³/mol. The van der Waals surface area contributed by atoms with Gasteiger partial charge in [-0.3, -0.25) is 0 Å². The summed E-state index contributed by atoms with van der Waals surface area (Å²) in [5, 5.41) is 8.73. The van der Waals surface area contributed by atoms with Crippen molar-refractivity contribution in [3.05, 3.63) is 35.7 Å².